The van der Waals surface area contributed by atoms with E-state index in [9.17, 15) is 4.79 Å². The average molecular weight is 183 g/mol. The van der Waals surface area contributed by atoms with Crippen molar-refractivity contribution in [1.82, 2.24) is 4.90 Å². The van der Waals surface area contributed by atoms with Crippen molar-refractivity contribution in [2.45, 2.75) is 39.3 Å². The van der Waals surface area contributed by atoms with E-state index in [1.165, 1.54) is 0 Å². The number of fused-ring (bicyclic) bond motifs is 1. The lowest BCUT2D eigenvalue weighted by atomic mass is 9.78. The summed E-state index contributed by atoms with van der Waals surface area (Å²) in [5, 5.41) is 0. The van der Waals surface area contributed by atoms with E-state index in [0.717, 1.165) is 13.0 Å². The van der Waals surface area contributed by atoms with Crippen LogP contribution in [0.1, 0.15) is 27.2 Å². The number of β-lactam (4-membered cyclic amide) rings is 1. The summed E-state index contributed by atoms with van der Waals surface area (Å²) in [5.41, 5.74) is 0.147. The molecule has 2 aliphatic heterocycles. The molecule has 13 heavy (non-hydrogen) atoms. The molecule has 2 fully saturated rings. The second-order valence-electron chi connectivity index (χ2n) is 4.70. The zero-order valence-corrected chi connectivity index (χ0v) is 8.54. The first-order valence-corrected chi connectivity index (χ1v) is 5.00. The fraction of sp³-hybridized carbons (Fsp3) is 0.900. The topological polar surface area (TPSA) is 29.5 Å². The Kier molecular flexibility index (Phi) is 1.88. The molecule has 2 saturated heterocycles. The van der Waals surface area contributed by atoms with Gasteiger partial charge in [-0.25, -0.2) is 0 Å². The highest BCUT2D eigenvalue weighted by Gasteiger charge is 2.59. The van der Waals surface area contributed by atoms with Gasteiger partial charge in [-0.1, -0.05) is 20.8 Å². The fourth-order valence-electron chi connectivity index (χ4n) is 2.39. The van der Waals surface area contributed by atoms with Crippen LogP contribution in [-0.2, 0) is 9.53 Å². The first-order valence-electron chi connectivity index (χ1n) is 5.00. The number of likely N-dealkylation sites (tertiary alicyclic amines) is 1. The van der Waals surface area contributed by atoms with Gasteiger partial charge in [0, 0.05) is 12.0 Å². The summed E-state index contributed by atoms with van der Waals surface area (Å²) >= 11 is 0. The van der Waals surface area contributed by atoms with Crippen LogP contribution in [0.25, 0.3) is 0 Å². The van der Waals surface area contributed by atoms with Crippen LogP contribution in [-0.4, -0.2) is 36.1 Å². The van der Waals surface area contributed by atoms with Crippen LogP contribution in [0.2, 0.25) is 0 Å². The van der Waals surface area contributed by atoms with E-state index in [-0.39, 0.29) is 17.4 Å². The van der Waals surface area contributed by atoms with Crippen molar-refractivity contribution in [2.24, 2.45) is 5.41 Å². The Balaban J connectivity index is 2.12. The molecule has 0 aromatic heterocycles. The Labute approximate surface area is 79.0 Å². The second kappa shape index (κ2) is 2.71. The molecule has 2 rings (SSSR count). The van der Waals surface area contributed by atoms with Gasteiger partial charge in [-0.3, -0.25) is 4.79 Å². The average Bonchev–Trinajstić information content (AvgIpc) is 2.34. The van der Waals surface area contributed by atoms with Crippen molar-refractivity contribution >= 4 is 5.91 Å². The molecule has 2 aliphatic rings. The summed E-state index contributed by atoms with van der Waals surface area (Å²) in [6, 6.07) is 0.333. The Morgan fingerprint density at radius 2 is 2.31 bits per heavy atom. The number of nitrogens with zero attached hydrogens (tertiary/aromatic N) is 1. The molecule has 0 bridgehead atoms. The minimum atomic E-state index is -0.124. The molecular weight excluding hydrogens is 166 g/mol. The van der Waals surface area contributed by atoms with E-state index < -0.39 is 0 Å². The monoisotopic (exact) mass is 183 g/mol. The van der Waals surface area contributed by atoms with Gasteiger partial charge in [0.15, 0.2) is 6.10 Å². The lowest BCUT2D eigenvalue weighted by molar-refractivity contribution is -0.164. The molecule has 2 heterocycles. The molecule has 2 atom stereocenters. The summed E-state index contributed by atoms with van der Waals surface area (Å²) < 4.78 is 5.46. The smallest absolute Gasteiger partial charge is 0.254 e. The van der Waals surface area contributed by atoms with Crippen LogP contribution in [0.5, 0.6) is 0 Å². The quantitative estimate of drug-likeness (QED) is 0.598. The third-order valence-corrected chi connectivity index (χ3v) is 3.05. The lowest BCUT2D eigenvalue weighted by Gasteiger charge is -2.47. The largest absolute Gasteiger partial charge is 0.366 e. The van der Waals surface area contributed by atoms with Crippen molar-refractivity contribution in [2.75, 3.05) is 13.2 Å². The molecule has 0 saturated carbocycles. The Morgan fingerprint density at radius 1 is 1.62 bits per heavy atom. The molecule has 3 heteroatoms. The van der Waals surface area contributed by atoms with Crippen molar-refractivity contribution < 1.29 is 9.53 Å². The minimum absolute atomic E-state index is 0.124. The third kappa shape index (κ3) is 1.10. The van der Waals surface area contributed by atoms with Crippen LogP contribution in [0, 0.1) is 5.41 Å². The van der Waals surface area contributed by atoms with Gasteiger partial charge in [0.1, 0.15) is 0 Å². The fourth-order valence-corrected chi connectivity index (χ4v) is 2.39. The minimum Gasteiger partial charge on any atom is -0.366 e. The normalized spacial score (nSPS) is 35.9. The van der Waals surface area contributed by atoms with Gasteiger partial charge in [-0.15, -0.1) is 0 Å². The Hall–Kier alpha value is -0.570. The molecule has 0 spiro atoms. The molecule has 0 aliphatic carbocycles. The van der Waals surface area contributed by atoms with Crippen molar-refractivity contribution in [3.05, 3.63) is 0 Å². The molecule has 3 nitrogen and oxygen atoms in total. The van der Waals surface area contributed by atoms with Crippen LogP contribution in [0.4, 0.5) is 0 Å². The maximum atomic E-state index is 11.5. The summed E-state index contributed by atoms with van der Waals surface area (Å²) in [5.74, 6) is 0.192. The van der Waals surface area contributed by atoms with Gasteiger partial charge in [-0.05, 0) is 6.42 Å². The summed E-state index contributed by atoms with van der Waals surface area (Å²) in [6.45, 7) is 8.05. The zero-order valence-electron chi connectivity index (χ0n) is 8.54. The maximum absolute atomic E-state index is 11.5. The Bertz CT molecular complexity index is 237. The first kappa shape index (κ1) is 9.00. The maximum Gasteiger partial charge on any atom is 0.254 e. The zero-order chi connectivity index (χ0) is 9.64. The van der Waals surface area contributed by atoms with E-state index in [1.54, 1.807) is 0 Å². The molecule has 1 amide bonds. The van der Waals surface area contributed by atoms with E-state index >= 15 is 0 Å². The Morgan fingerprint density at radius 3 is 2.92 bits per heavy atom. The van der Waals surface area contributed by atoms with Crippen molar-refractivity contribution in [1.29, 1.82) is 0 Å². The van der Waals surface area contributed by atoms with Crippen molar-refractivity contribution in [3.63, 3.8) is 0 Å². The highest BCUT2D eigenvalue weighted by atomic mass is 16.5. The predicted molar refractivity (Wildman–Crippen MR) is 49.3 cm³/mol. The molecule has 74 valence electrons. The number of carbonyl (C=O) groups excluding carboxylic acids is 1. The number of ether oxygens (including phenoxy) is 1. The standard InChI is InChI=1S/C10H17NO2/c1-4-5-11-8-7(9(11)12)13-6-10(8,2)3/h7-8H,4-6H2,1-3H3/t7-,8-/m1/s1. The number of hydrogen-bond acceptors (Lipinski definition) is 2. The summed E-state index contributed by atoms with van der Waals surface area (Å²) in [4.78, 5) is 13.5. The second-order valence-corrected chi connectivity index (χ2v) is 4.70. The van der Waals surface area contributed by atoms with Crippen LogP contribution in [0.15, 0.2) is 0 Å². The number of carbonyl (C=O) groups is 1. The molecule has 0 radical (unpaired) electrons. The predicted octanol–water partition coefficient (Wildman–Crippen LogP) is 1.03. The number of amides is 1. The molecule has 0 unspecified atom stereocenters. The van der Waals surface area contributed by atoms with Gasteiger partial charge in [0.05, 0.1) is 12.6 Å². The van der Waals surface area contributed by atoms with Gasteiger partial charge >= 0.3 is 0 Å². The third-order valence-electron chi connectivity index (χ3n) is 3.05. The van der Waals surface area contributed by atoms with Gasteiger partial charge in [0.25, 0.3) is 5.91 Å². The van der Waals surface area contributed by atoms with Crippen molar-refractivity contribution in [3.8, 4) is 0 Å². The van der Waals surface area contributed by atoms with E-state index in [2.05, 4.69) is 20.8 Å². The van der Waals surface area contributed by atoms with E-state index in [0.29, 0.717) is 12.6 Å². The van der Waals surface area contributed by atoms with Crippen LogP contribution < -0.4 is 0 Å². The SMILES string of the molecule is CCCN1C(=O)[C@@H]2OCC(C)(C)[C@@H]21. The first-order chi connectivity index (χ1) is 6.08. The molecule has 0 aromatic rings. The van der Waals surface area contributed by atoms with E-state index in [1.807, 2.05) is 4.90 Å². The highest BCUT2D eigenvalue weighted by Crippen LogP contribution is 2.43. The summed E-state index contributed by atoms with van der Waals surface area (Å²) in [7, 11) is 0. The lowest BCUT2D eigenvalue weighted by Crippen LogP contribution is -2.66. The number of rotatable bonds is 2. The van der Waals surface area contributed by atoms with Crippen LogP contribution in [0.3, 0.4) is 0 Å². The van der Waals surface area contributed by atoms with Gasteiger partial charge < -0.3 is 9.64 Å². The van der Waals surface area contributed by atoms with Gasteiger partial charge in [0.2, 0.25) is 0 Å². The summed E-state index contributed by atoms with van der Waals surface area (Å²) in [6.07, 6.45) is 0.909. The number of hydrogen-bond donors (Lipinski definition) is 0. The van der Waals surface area contributed by atoms with Gasteiger partial charge in [-0.2, -0.15) is 0 Å². The molecular formula is C10H17NO2. The molecule has 0 N–H and O–H groups in total. The molecule has 0 aromatic carbocycles. The van der Waals surface area contributed by atoms with E-state index in [4.69, 9.17) is 4.74 Å². The highest BCUT2D eigenvalue weighted by molar-refractivity contribution is 5.89. The van der Waals surface area contributed by atoms with Crippen LogP contribution >= 0.6 is 0 Å².